The molecule has 130 valence electrons. The first-order valence-electron chi connectivity index (χ1n) is 8.24. The lowest BCUT2D eigenvalue weighted by atomic mass is 10.1. The van der Waals surface area contributed by atoms with Gasteiger partial charge in [0, 0.05) is 18.2 Å². The zero-order valence-electron chi connectivity index (χ0n) is 14.9. The van der Waals surface area contributed by atoms with Crippen LogP contribution in [0.25, 0.3) is 5.70 Å². The number of rotatable bonds is 7. The lowest BCUT2D eigenvalue weighted by Crippen LogP contribution is -2.09. The Morgan fingerprint density at radius 2 is 1.72 bits per heavy atom. The molecule has 0 amide bonds. The van der Waals surface area contributed by atoms with Crippen LogP contribution in [0.4, 0.5) is 0 Å². The number of carbonyl (C=O) groups is 1. The summed E-state index contributed by atoms with van der Waals surface area (Å²) in [5.74, 6) is 0.446. The Morgan fingerprint density at radius 1 is 1.04 bits per heavy atom. The van der Waals surface area contributed by atoms with Crippen molar-refractivity contribution in [3.63, 3.8) is 0 Å². The third kappa shape index (κ3) is 4.80. The van der Waals surface area contributed by atoms with Crippen LogP contribution in [0.3, 0.4) is 0 Å². The Morgan fingerprint density at radius 3 is 2.40 bits per heavy atom. The Kier molecular flexibility index (Phi) is 6.96. The number of methoxy groups -OCH3 is 1. The number of esters is 1. The number of carbonyl (C=O) groups excluding carboxylic acids is 1. The molecule has 0 aromatic heterocycles. The molecule has 2 aromatic carbocycles. The highest BCUT2D eigenvalue weighted by atomic mass is 16.5. The van der Waals surface area contributed by atoms with Crippen molar-refractivity contribution in [1.82, 2.24) is 0 Å². The summed E-state index contributed by atoms with van der Waals surface area (Å²) >= 11 is 0. The average molecular weight is 337 g/mol. The number of para-hydroxylation sites is 1. The second kappa shape index (κ2) is 9.42. The summed E-state index contributed by atoms with van der Waals surface area (Å²) in [6, 6.07) is 15.2. The number of allylic oxidation sites excluding steroid dienone is 1. The second-order valence-corrected chi connectivity index (χ2v) is 5.30. The number of nitrogens with zero attached hydrogens (tertiary/aromatic N) is 1. The number of benzene rings is 2. The lowest BCUT2D eigenvalue weighted by molar-refractivity contribution is 0.0599. The minimum absolute atomic E-state index is 0.329. The van der Waals surface area contributed by atoms with Gasteiger partial charge in [-0.3, -0.25) is 4.99 Å². The van der Waals surface area contributed by atoms with Crippen molar-refractivity contribution >= 4 is 17.9 Å². The van der Waals surface area contributed by atoms with Crippen LogP contribution in [0, 0.1) is 0 Å². The molecule has 0 bridgehead atoms. The maximum atomic E-state index is 11.8. The Bertz CT molecular complexity index is 778. The Hall–Kier alpha value is -2.88. The maximum Gasteiger partial charge on any atom is 0.338 e. The van der Waals surface area contributed by atoms with E-state index in [1.165, 1.54) is 7.11 Å². The van der Waals surface area contributed by atoms with E-state index < -0.39 is 0 Å². The first kappa shape index (κ1) is 18.5. The number of ether oxygens (including phenoxy) is 2. The van der Waals surface area contributed by atoms with Gasteiger partial charge in [0.05, 0.1) is 25.0 Å². The fourth-order valence-electron chi connectivity index (χ4n) is 2.56. The van der Waals surface area contributed by atoms with Gasteiger partial charge in [-0.2, -0.15) is 0 Å². The van der Waals surface area contributed by atoms with Crippen LogP contribution in [0.1, 0.15) is 35.3 Å². The van der Waals surface area contributed by atoms with Crippen molar-refractivity contribution in [1.29, 1.82) is 0 Å². The molecular weight excluding hydrogens is 314 g/mol. The van der Waals surface area contributed by atoms with E-state index in [1.807, 2.05) is 62.4 Å². The molecule has 0 saturated heterocycles. The molecule has 0 fully saturated rings. The highest BCUT2D eigenvalue weighted by molar-refractivity contribution is 5.91. The highest BCUT2D eigenvalue weighted by Crippen LogP contribution is 2.27. The normalized spacial score (nSPS) is 11.6. The summed E-state index contributed by atoms with van der Waals surface area (Å²) in [6.45, 7) is 4.29. The third-order valence-electron chi connectivity index (χ3n) is 3.76. The summed E-state index contributed by atoms with van der Waals surface area (Å²) in [5.41, 5.74) is 3.30. The molecule has 0 aliphatic rings. The molecule has 0 N–H and O–H groups in total. The van der Waals surface area contributed by atoms with Crippen molar-refractivity contribution in [2.75, 3.05) is 13.7 Å². The van der Waals surface area contributed by atoms with Crippen LogP contribution in [-0.2, 0) is 11.2 Å². The molecule has 0 saturated carbocycles. The molecule has 0 heterocycles. The van der Waals surface area contributed by atoms with Gasteiger partial charge in [0.15, 0.2) is 0 Å². The SMILES string of the molecule is CC=NC(=CC)c1ccccc1OCCc1ccccc1C(=O)OC. The predicted molar refractivity (Wildman–Crippen MR) is 101 cm³/mol. The molecule has 2 aromatic rings. The van der Waals surface area contributed by atoms with E-state index in [1.54, 1.807) is 12.3 Å². The maximum absolute atomic E-state index is 11.8. The summed E-state index contributed by atoms with van der Waals surface area (Å²) in [4.78, 5) is 16.2. The topological polar surface area (TPSA) is 47.9 Å². The number of aliphatic imine (C=N–C) groups is 1. The third-order valence-corrected chi connectivity index (χ3v) is 3.76. The van der Waals surface area contributed by atoms with Gasteiger partial charge in [-0.25, -0.2) is 4.79 Å². The van der Waals surface area contributed by atoms with Gasteiger partial charge in [0.1, 0.15) is 5.75 Å². The van der Waals surface area contributed by atoms with Crippen molar-refractivity contribution in [2.45, 2.75) is 20.3 Å². The first-order chi connectivity index (χ1) is 12.2. The van der Waals surface area contributed by atoms with Gasteiger partial charge in [-0.15, -0.1) is 0 Å². The quantitative estimate of drug-likeness (QED) is 0.550. The highest BCUT2D eigenvalue weighted by Gasteiger charge is 2.12. The summed E-state index contributed by atoms with van der Waals surface area (Å²) in [6.07, 6.45) is 4.33. The van der Waals surface area contributed by atoms with Crippen LogP contribution >= 0.6 is 0 Å². The lowest BCUT2D eigenvalue weighted by Gasteiger charge is -2.13. The van der Waals surface area contributed by atoms with Gasteiger partial charge in [-0.05, 0) is 37.6 Å². The summed E-state index contributed by atoms with van der Waals surface area (Å²) < 4.78 is 10.8. The Balaban J connectivity index is 2.13. The van der Waals surface area contributed by atoms with Crippen LogP contribution < -0.4 is 4.74 Å². The molecule has 4 heteroatoms. The molecular formula is C21H23NO3. The molecule has 0 atom stereocenters. The largest absolute Gasteiger partial charge is 0.493 e. The molecule has 0 aliphatic carbocycles. The van der Waals surface area contributed by atoms with Gasteiger partial charge in [0.25, 0.3) is 0 Å². The molecule has 25 heavy (non-hydrogen) atoms. The molecule has 0 radical (unpaired) electrons. The summed E-state index contributed by atoms with van der Waals surface area (Å²) in [5, 5.41) is 0. The molecule has 4 nitrogen and oxygen atoms in total. The first-order valence-corrected chi connectivity index (χ1v) is 8.24. The minimum Gasteiger partial charge on any atom is -0.493 e. The second-order valence-electron chi connectivity index (χ2n) is 5.30. The van der Waals surface area contributed by atoms with Crippen molar-refractivity contribution in [3.8, 4) is 5.75 Å². The summed E-state index contributed by atoms with van der Waals surface area (Å²) in [7, 11) is 1.39. The van der Waals surface area contributed by atoms with E-state index in [4.69, 9.17) is 9.47 Å². The van der Waals surface area contributed by atoms with Gasteiger partial charge >= 0.3 is 5.97 Å². The minimum atomic E-state index is -0.329. The smallest absolute Gasteiger partial charge is 0.338 e. The van der Waals surface area contributed by atoms with E-state index in [9.17, 15) is 4.79 Å². The number of hydrogen-bond donors (Lipinski definition) is 0. The van der Waals surface area contributed by atoms with E-state index in [2.05, 4.69) is 4.99 Å². The predicted octanol–water partition coefficient (Wildman–Crippen LogP) is 4.55. The van der Waals surface area contributed by atoms with Crippen LogP contribution in [-0.4, -0.2) is 25.9 Å². The molecule has 0 unspecified atom stereocenters. The van der Waals surface area contributed by atoms with E-state index in [0.29, 0.717) is 18.6 Å². The van der Waals surface area contributed by atoms with Crippen LogP contribution in [0.2, 0.25) is 0 Å². The fraction of sp³-hybridized carbons (Fsp3) is 0.238. The molecule has 0 aliphatic heterocycles. The van der Waals surface area contributed by atoms with E-state index in [0.717, 1.165) is 22.6 Å². The van der Waals surface area contributed by atoms with Crippen molar-refractivity contribution in [2.24, 2.45) is 4.99 Å². The van der Waals surface area contributed by atoms with Crippen molar-refractivity contribution in [3.05, 3.63) is 71.3 Å². The van der Waals surface area contributed by atoms with Crippen molar-refractivity contribution < 1.29 is 14.3 Å². The monoisotopic (exact) mass is 337 g/mol. The average Bonchev–Trinajstić information content (AvgIpc) is 2.66. The standard InChI is InChI=1S/C21H23NO3/c1-4-19(22-5-2)18-12-8-9-13-20(18)25-15-14-16-10-6-7-11-17(16)21(23)24-3/h4-13H,14-15H2,1-3H3. The molecule has 0 spiro atoms. The number of hydrogen-bond acceptors (Lipinski definition) is 4. The zero-order chi connectivity index (χ0) is 18.1. The van der Waals surface area contributed by atoms with Crippen LogP contribution in [0.5, 0.6) is 5.75 Å². The fourth-order valence-corrected chi connectivity index (χ4v) is 2.56. The van der Waals surface area contributed by atoms with Gasteiger partial charge in [0.2, 0.25) is 0 Å². The Labute approximate surface area is 148 Å². The van der Waals surface area contributed by atoms with Gasteiger partial charge < -0.3 is 9.47 Å². The van der Waals surface area contributed by atoms with Crippen LogP contribution in [0.15, 0.2) is 59.6 Å². The zero-order valence-corrected chi connectivity index (χ0v) is 14.9. The molecule has 2 rings (SSSR count). The van der Waals surface area contributed by atoms with E-state index >= 15 is 0 Å². The van der Waals surface area contributed by atoms with Gasteiger partial charge in [-0.1, -0.05) is 36.4 Å². The van der Waals surface area contributed by atoms with E-state index in [-0.39, 0.29) is 5.97 Å².